The largest absolute Gasteiger partial charge is 0.358 e. The van der Waals surface area contributed by atoms with Gasteiger partial charge in [-0.1, -0.05) is 6.92 Å². The lowest BCUT2D eigenvalue weighted by molar-refractivity contribution is 0.0984. The highest BCUT2D eigenvalue weighted by molar-refractivity contribution is 14.1. The van der Waals surface area contributed by atoms with Crippen LogP contribution in [0, 0.1) is 3.57 Å². The average molecular weight is 249 g/mol. The molecule has 0 bridgehead atoms. The molecule has 0 saturated heterocycles. The van der Waals surface area contributed by atoms with Gasteiger partial charge in [-0.2, -0.15) is 0 Å². The van der Waals surface area contributed by atoms with Crippen molar-refractivity contribution < 1.29 is 4.79 Å². The van der Waals surface area contributed by atoms with Gasteiger partial charge in [0.1, 0.15) is 0 Å². The quantitative estimate of drug-likeness (QED) is 0.632. The van der Waals surface area contributed by atoms with E-state index in [9.17, 15) is 4.79 Å². The van der Waals surface area contributed by atoms with Gasteiger partial charge in [0, 0.05) is 16.2 Å². The highest BCUT2D eigenvalue weighted by atomic mass is 127. The summed E-state index contributed by atoms with van der Waals surface area (Å²) in [5.74, 6) is 0.169. The molecular weight excluding hydrogens is 241 g/mol. The van der Waals surface area contributed by atoms with Gasteiger partial charge in [-0.3, -0.25) is 4.79 Å². The van der Waals surface area contributed by atoms with Crippen molar-refractivity contribution in [2.75, 3.05) is 0 Å². The first-order chi connectivity index (χ1) is 4.74. The van der Waals surface area contributed by atoms with Crippen molar-refractivity contribution in [1.82, 2.24) is 4.98 Å². The van der Waals surface area contributed by atoms with Gasteiger partial charge in [0.25, 0.3) is 0 Å². The second-order valence-corrected chi connectivity index (χ2v) is 3.25. The lowest BCUT2D eigenvalue weighted by Gasteiger charge is -1.88. The number of hydrogen-bond acceptors (Lipinski definition) is 1. The van der Waals surface area contributed by atoms with Gasteiger partial charge in [-0.15, -0.1) is 0 Å². The highest BCUT2D eigenvalue weighted by Crippen LogP contribution is 2.07. The molecule has 0 amide bonds. The Morgan fingerprint density at radius 2 is 2.50 bits per heavy atom. The van der Waals surface area contributed by atoms with E-state index >= 15 is 0 Å². The van der Waals surface area contributed by atoms with Crippen LogP contribution in [-0.4, -0.2) is 10.8 Å². The third-order valence-electron chi connectivity index (χ3n) is 1.27. The number of aromatic nitrogens is 1. The zero-order valence-corrected chi connectivity index (χ0v) is 7.81. The number of nitrogens with one attached hydrogen (secondary N) is 1. The third kappa shape index (κ3) is 1.59. The molecule has 0 saturated carbocycles. The van der Waals surface area contributed by atoms with Gasteiger partial charge in [0.05, 0.1) is 5.69 Å². The number of rotatable bonds is 2. The molecule has 1 N–H and O–H groups in total. The Bertz CT molecular complexity index is 242. The minimum atomic E-state index is 0.169. The fourth-order valence-corrected chi connectivity index (χ4v) is 1.19. The normalized spacial score (nSPS) is 9.80. The van der Waals surface area contributed by atoms with Crippen molar-refractivity contribution in [3.63, 3.8) is 0 Å². The minimum Gasteiger partial charge on any atom is -0.358 e. The topological polar surface area (TPSA) is 32.9 Å². The maximum atomic E-state index is 11.0. The van der Waals surface area contributed by atoms with Crippen LogP contribution in [0.15, 0.2) is 12.3 Å². The molecule has 3 heteroatoms. The maximum Gasteiger partial charge on any atom is 0.178 e. The van der Waals surface area contributed by atoms with E-state index in [2.05, 4.69) is 27.6 Å². The number of H-pyrrole nitrogens is 1. The molecule has 0 radical (unpaired) electrons. The predicted octanol–water partition coefficient (Wildman–Crippen LogP) is 2.21. The summed E-state index contributed by atoms with van der Waals surface area (Å²) < 4.78 is 1.08. The Morgan fingerprint density at radius 3 is 2.90 bits per heavy atom. The zero-order chi connectivity index (χ0) is 7.56. The minimum absolute atomic E-state index is 0.169. The molecule has 0 aliphatic carbocycles. The van der Waals surface area contributed by atoms with Crippen LogP contribution in [0.25, 0.3) is 0 Å². The molecule has 1 rings (SSSR count). The van der Waals surface area contributed by atoms with Crippen LogP contribution in [0.1, 0.15) is 23.8 Å². The van der Waals surface area contributed by atoms with E-state index in [1.54, 1.807) is 0 Å². The van der Waals surface area contributed by atoms with E-state index < -0.39 is 0 Å². The van der Waals surface area contributed by atoms with Crippen molar-refractivity contribution >= 4 is 28.4 Å². The first-order valence-corrected chi connectivity index (χ1v) is 4.19. The molecule has 54 valence electrons. The Morgan fingerprint density at radius 1 is 1.80 bits per heavy atom. The Hall–Kier alpha value is -0.320. The summed E-state index contributed by atoms with van der Waals surface area (Å²) >= 11 is 2.17. The van der Waals surface area contributed by atoms with E-state index in [1.165, 1.54) is 0 Å². The molecular formula is C7H8INO. The van der Waals surface area contributed by atoms with Gasteiger partial charge < -0.3 is 4.98 Å². The number of ketones is 1. The summed E-state index contributed by atoms with van der Waals surface area (Å²) in [5, 5.41) is 0. The Kier molecular flexibility index (Phi) is 2.48. The van der Waals surface area contributed by atoms with Crippen LogP contribution < -0.4 is 0 Å². The van der Waals surface area contributed by atoms with Crippen molar-refractivity contribution in [2.24, 2.45) is 0 Å². The van der Waals surface area contributed by atoms with Gasteiger partial charge in [0.15, 0.2) is 5.78 Å². The van der Waals surface area contributed by atoms with E-state index in [0.717, 1.165) is 3.57 Å². The van der Waals surface area contributed by atoms with Crippen LogP contribution in [-0.2, 0) is 0 Å². The molecule has 0 spiro atoms. The summed E-state index contributed by atoms with van der Waals surface area (Å²) in [7, 11) is 0. The molecule has 0 aliphatic heterocycles. The molecule has 0 atom stereocenters. The van der Waals surface area contributed by atoms with Gasteiger partial charge in [-0.25, -0.2) is 0 Å². The predicted molar refractivity (Wildman–Crippen MR) is 48.1 cm³/mol. The van der Waals surface area contributed by atoms with Crippen LogP contribution in [0.2, 0.25) is 0 Å². The lowest BCUT2D eigenvalue weighted by atomic mass is 10.2. The van der Waals surface area contributed by atoms with Gasteiger partial charge >= 0.3 is 0 Å². The summed E-state index contributed by atoms with van der Waals surface area (Å²) in [5.41, 5.74) is 0.715. The molecule has 1 aromatic heterocycles. The Balaban J connectivity index is 2.85. The fourth-order valence-electron chi connectivity index (χ4n) is 0.719. The van der Waals surface area contributed by atoms with E-state index in [4.69, 9.17) is 0 Å². The number of aromatic amines is 1. The van der Waals surface area contributed by atoms with Crippen LogP contribution in [0.3, 0.4) is 0 Å². The Labute approximate surface area is 73.2 Å². The average Bonchev–Trinajstić information content (AvgIpc) is 2.34. The summed E-state index contributed by atoms with van der Waals surface area (Å²) in [4.78, 5) is 13.9. The first-order valence-electron chi connectivity index (χ1n) is 3.11. The summed E-state index contributed by atoms with van der Waals surface area (Å²) in [6.45, 7) is 1.86. The highest BCUT2D eigenvalue weighted by Gasteiger charge is 2.03. The molecule has 1 aromatic rings. The molecule has 2 nitrogen and oxygen atoms in total. The van der Waals surface area contributed by atoms with E-state index in [-0.39, 0.29) is 5.78 Å². The molecule has 1 heterocycles. The SMILES string of the molecule is CCC(=O)c1cc(I)c[nH]1. The smallest absolute Gasteiger partial charge is 0.178 e. The van der Waals surface area contributed by atoms with E-state index in [0.29, 0.717) is 12.1 Å². The van der Waals surface area contributed by atoms with Crippen LogP contribution in [0.5, 0.6) is 0 Å². The van der Waals surface area contributed by atoms with Crippen molar-refractivity contribution in [3.05, 3.63) is 21.5 Å². The number of carbonyl (C=O) groups is 1. The molecule has 10 heavy (non-hydrogen) atoms. The fraction of sp³-hybridized carbons (Fsp3) is 0.286. The van der Waals surface area contributed by atoms with Gasteiger partial charge in [0.2, 0.25) is 0 Å². The standard InChI is InChI=1S/C7H8INO/c1-2-7(10)6-3-5(8)4-9-6/h3-4,9H,2H2,1H3. The molecule has 0 fully saturated rings. The molecule has 0 unspecified atom stereocenters. The maximum absolute atomic E-state index is 11.0. The van der Waals surface area contributed by atoms with E-state index in [1.807, 2.05) is 19.2 Å². The summed E-state index contributed by atoms with van der Waals surface area (Å²) in [6, 6.07) is 1.85. The van der Waals surface area contributed by atoms with Crippen LogP contribution in [0.4, 0.5) is 0 Å². The summed E-state index contributed by atoms with van der Waals surface area (Å²) in [6.07, 6.45) is 2.39. The van der Waals surface area contributed by atoms with Crippen LogP contribution >= 0.6 is 22.6 Å². The number of hydrogen-bond donors (Lipinski definition) is 1. The lowest BCUT2D eigenvalue weighted by Crippen LogP contribution is -1.95. The van der Waals surface area contributed by atoms with Crippen molar-refractivity contribution in [2.45, 2.75) is 13.3 Å². The zero-order valence-electron chi connectivity index (χ0n) is 5.65. The molecule has 0 aromatic carbocycles. The molecule has 0 aliphatic rings. The first kappa shape index (κ1) is 7.78. The van der Waals surface area contributed by atoms with Crippen molar-refractivity contribution in [1.29, 1.82) is 0 Å². The number of halogens is 1. The third-order valence-corrected chi connectivity index (χ3v) is 1.89. The van der Waals surface area contributed by atoms with Gasteiger partial charge in [-0.05, 0) is 28.7 Å². The van der Waals surface area contributed by atoms with Crippen molar-refractivity contribution in [3.8, 4) is 0 Å². The number of carbonyl (C=O) groups excluding carboxylic acids is 1. The monoisotopic (exact) mass is 249 g/mol. The second-order valence-electron chi connectivity index (χ2n) is 2.01. The second kappa shape index (κ2) is 3.18. The number of Topliss-reactive ketones (excluding diaryl/α,β-unsaturated/α-hetero) is 1.